The highest BCUT2D eigenvalue weighted by Gasteiger charge is 2.43. The van der Waals surface area contributed by atoms with Crippen LogP contribution < -0.4 is 15.1 Å². The molecule has 0 saturated heterocycles. The number of fused-ring (bicyclic) bond motifs is 2. The monoisotopic (exact) mass is 493 g/mol. The summed E-state index contributed by atoms with van der Waals surface area (Å²) < 4.78 is 26.1. The molecule has 0 radical (unpaired) electrons. The molecule has 1 aromatic heterocycles. The standard InChI is InChI=1S/C25H17BrFNO4/c1-2-31-18-9-6-14(7-10-18)22-21-23(29)19-13-16(27)8-11-20(19)32-24(21)25(30)28(22)17-5-3-4-15(26)12-17/h3-13,22H,2H2,1H3. The summed E-state index contributed by atoms with van der Waals surface area (Å²) in [5.74, 6) is -0.328. The van der Waals surface area contributed by atoms with Crippen LogP contribution in [0.15, 0.2) is 80.4 Å². The Bertz CT molecular complexity index is 1410. The summed E-state index contributed by atoms with van der Waals surface area (Å²) in [6, 6.07) is 17.5. The van der Waals surface area contributed by atoms with Gasteiger partial charge in [-0.2, -0.15) is 0 Å². The number of anilines is 1. The van der Waals surface area contributed by atoms with E-state index in [0.717, 1.165) is 10.5 Å². The number of hydrogen-bond donors (Lipinski definition) is 0. The fourth-order valence-corrected chi connectivity index (χ4v) is 4.45. The van der Waals surface area contributed by atoms with Gasteiger partial charge in [0.1, 0.15) is 17.1 Å². The summed E-state index contributed by atoms with van der Waals surface area (Å²) in [6.45, 7) is 2.42. The number of halogens is 2. The Labute approximate surface area is 191 Å². The Morgan fingerprint density at radius 1 is 1.06 bits per heavy atom. The van der Waals surface area contributed by atoms with Crippen LogP contribution in [0.3, 0.4) is 0 Å². The summed E-state index contributed by atoms with van der Waals surface area (Å²) in [4.78, 5) is 28.5. The van der Waals surface area contributed by atoms with Gasteiger partial charge in [-0.25, -0.2) is 4.39 Å². The molecular weight excluding hydrogens is 477 g/mol. The topological polar surface area (TPSA) is 59.8 Å². The van der Waals surface area contributed by atoms with Gasteiger partial charge in [-0.05, 0) is 61.0 Å². The van der Waals surface area contributed by atoms with Gasteiger partial charge >= 0.3 is 0 Å². The molecule has 160 valence electrons. The molecule has 1 amide bonds. The van der Waals surface area contributed by atoms with Crippen molar-refractivity contribution in [3.63, 3.8) is 0 Å². The number of amides is 1. The molecule has 0 N–H and O–H groups in total. The first-order chi connectivity index (χ1) is 15.5. The van der Waals surface area contributed by atoms with Crippen LogP contribution in [0, 0.1) is 5.82 Å². The van der Waals surface area contributed by atoms with Crippen LogP contribution in [-0.4, -0.2) is 12.5 Å². The number of carbonyl (C=O) groups is 1. The van der Waals surface area contributed by atoms with E-state index in [9.17, 15) is 14.0 Å². The largest absolute Gasteiger partial charge is 0.494 e. The summed E-state index contributed by atoms with van der Waals surface area (Å²) in [6.07, 6.45) is 0. The Kier molecular flexibility index (Phi) is 5.06. The van der Waals surface area contributed by atoms with E-state index in [2.05, 4.69) is 15.9 Å². The van der Waals surface area contributed by atoms with Crippen molar-refractivity contribution in [2.75, 3.05) is 11.5 Å². The highest BCUT2D eigenvalue weighted by atomic mass is 79.9. The lowest BCUT2D eigenvalue weighted by molar-refractivity contribution is 0.0971. The average molecular weight is 494 g/mol. The van der Waals surface area contributed by atoms with Gasteiger partial charge in [0.15, 0.2) is 5.43 Å². The Balaban J connectivity index is 1.77. The van der Waals surface area contributed by atoms with Gasteiger partial charge < -0.3 is 9.15 Å². The zero-order valence-corrected chi connectivity index (χ0v) is 18.6. The van der Waals surface area contributed by atoms with Crippen LogP contribution in [0.2, 0.25) is 0 Å². The second-order valence-electron chi connectivity index (χ2n) is 7.37. The molecule has 4 aromatic rings. The smallest absolute Gasteiger partial charge is 0.295 e. The van der Waals surface area contributed by atoms with Crippen molar-refractivity contribution in [1.29, 1.82) is 0 Å². The van der Waals surface area contributed by atoms with Gasteiger partial charge in [0.2, 0.25) is 5.76 Å². The minimum Gasteiger partial charge on any atom is -0.494 e. The van der Waals surface area contributed by atoms with Crippen molar-refractivity contribution in [3.8, 4) is 5.75 Å². The molecule has 5 rings (SSSR count). The van der Waals surface area contributed by atoms with Crippen molar-refractivity contribution in [2.45, 2.75) is 13.0 Å². The summed E-state index contributed by atoms with van der Waals surface area (Å²) in [7, 11) is 0. The molecule has 32 heavy (non-hydrogen) atoms. The lowest BCUT2D eigenvalue weighted by atomic mass is 9.98. The second kappa shape index (κ2) is 7.91. The van der Waals surface area contributed by atoms with E-state index in [4.69, 9.17) is 9.15 Å². The van der Waals surface area contributed by atoms with Crippen LogP contribution in [0.4, 0.5) is 10.1 Å². The second-order valence-corrected chi connectivity index (χ2v) is 8.29. The number of ether oxygens (including phenoxy) is 1. The highest BCUT2D eigenvalue weighted by molar-refractivity contribution is 9.10. The molecule has 0 saturated carbocycles. The zero-order valence-electron chi connectivity index (χ0n) is 17.0. The maximum Gasteiger partial charge on any atom is 0.295 e. The third kappa shape index (κ3) is 3.29. The van der Waals surface area contributed by atoms with E-state index in [0.29, 0.717) is 23.6 Å². The predicted molar refractivity (Wildman–Crippen MR) is 123 cm³/mol. The minimum absolute atomic E-state index is 0.0343. The van der Waals surface area contributed by atoms with Gasteiger partial charge in [0, 0.05) is 10.2 Å². The summed E-state index contributed by atoms with van der Waals surface area (Å²) in [5, 5.41) is 0.101. The van der Waals surface area contributed by atoms with Gasteiger partial charge in [-0.1, -0.05) is 34.1 Å². The Morgan fingerprint density at radius 2 is 1.84 bits per heavy atom. The normalized spacial score (nSPS) is 15.3. The number of carbonyl (C=O) groups excluding carboxylic acids is 1. The molecular formula is C25H17BrFNO4. The first kappa shape index (κ1) is 20.5. The molecule has 0 spiro atoms. The van der Waals surface area contributed by atoms with Crippen LogP contribution in [-0.2, 0) is 0 Å². The van der Waals surface area contributed by atoms with Crippen molar-refractivity contribution in [3.05, 3.63) is 104 Å². The van der Waals surface area contributed by atoms with Crippen molar-refractivity contribution in [1.82, 2.24) is 0 Å². The van der Waals surface area contributed by atoms with E-state index in [-0.39, 0.29) is 22.3 Å². The number of hydrogen-bond acceptors (Lipinski definition) is 4. The average Bonchev–Trinajstić information content (AvgIpc) is 3.08. The molecule has 1 aliphatic heterocycles. The molecule has 5 nitrogen and oxygen atoms in total. The Morgan fingerprint density at radius 3 is 2.56 bits per heavy atom. The number of nitrogens with zero attached hydrogens (tertiary/aromatic N) is 1. The van der Waals surface area contributed by atoms with E-state index >= 15 is 0 Å². The molecule has 0 bridgehead atoms. The van der Waals surface area contributed by atoms with E-state index < -0.39 is 23.2 Å². The number of benzene rings is 3. The third-order valence-electron chi connectivity index (χ3n) is 5.43. The van der Waals surface area contributed by atoms with Crippen molar-refractivity contribution in [2.24, 2.45) is 0 Å². The first-order valence-corrected chi connectivity index (χ1v) is 10.9. The molecule has 1 atom stereocenters. The van der Waals surface area contributed by atoms with E-state index in [1.165, 1.54) is 17.0 Å². The quantitative estimate of drug-likeness (QED) is 0.358. The van der Waals surface area contributed by atoms with Crippen molar-refractivity contribution < 1.29 is 18.3 Å². The highest BCUT2D eigenvalue weighted by Crippen LogP contribution is 2.42. The maximum atomic E-state index is 13.9. The zero-order chi connectivity index (χ0) is 22.4. The van der Waals surface area contributed by atoms with Crippen LogP contribution >= 0.6 is 15.9 Å². The molecule has 1 unspecified atom stereocenters. The minimum atomic E-state index is -0.730. The van der Waals surface area contributed by atoms with E-state index in [1.807, 2.05) is 31.2 Å². The van der Waals surface area contributed by atoms with Gasteiger partial charge in [-0.3, -0.25) is 14.5 Å². The molecule has 1 aliphatic rings. The summed E-state index contributed by atoms with van der Waals surface area (Å²) >= 11 is 3.44. The summed E-state index contributed by atoms with van der Waals surface area (Å²) in [5.41, 5.74) is 1.25. The fraction of sp³-hybridized carbons (Fsp3) is 0.120. The van der Waals surface area contributed by atoms with Gasteiger partial charge in [0.25, 0.3) is 5.91 Å². The number of rotatable bonds is 4. The molecule has 3 aromatic carbocycles. The first-order valence-electron chi connectivity index (χ1n) is 10.1. The molecule has 2 heterocycles. The lowest BCUT2D eigenvalue weighted by Crippen LogP contribution is -2.29. The third-order valence-corrected chi connectivity index (χ3v) is 5.92. The van der Waals surface area contributed by atoms with Crippen LogP contribution in [0.5, 0.6) is 5.75 Å². The molecule has 0 fully saturated rings. The SMILES string of the molecule is CCOc1ccc(C2c3c(oc4ccc(F)cc4c3=O)C(=O)N2c2cccc(Br)c2)cc1. The molecule has 0 aliphatic carbocycles. The van der Waals surface area contributed by atoms with Gasteiger partial charge in [-0.15, -0.1) is 0 Å². The fourth-order valence-electron chi connectivity index (χ4n) is 4.07. The lowest BCUT2D eigenvalue weighted by Gasteiger charge is -2.25. The molecule has 7 heteroatoms. The maximum absolute atomic E-state index is 13.9. The predicted octanol–water partition coefficient (Wildman–Crippen LogP) is 5.84. The van der Waals surface area contributed by atoms with E-state index in [1.54, 1.807) is 24.3 Å². The van der Waals surface area contributed by atoms with Gasteiger partial charge in [0.05, 0.1) is 23.6 Å². The van der Waals surface area contributed by atoms with Crippen LogP contribution in [0.25, 0.3) is 11.0 Å². The van der Waals surface area contributed by atoms with Crippen molar-refractivity contribution >= 4 is 38.5 Å². The van der Waals surface area contributed by atoms with Crippen LogP contribution in [0.1, 0.15) is 34.6 Å². The Hall–Kier alpha value is -3.45.